The highest BCUT2D eigenvalue weighted by Gasteiger charge is 2.38. The van der Waals surface area contributed by atoms with E-state index in [0.717, 1.165) is 11.3 Å². The van der Waals surface area contributed by atoms with Crippen LogP contribution >= 0.6 is 0 Å². The van der Waals surface area contributed by atoms with Crippen LogP contribution < -0.4 is 4.74 Å². The average Bonchev–Trinajstić information content (AvgIpc) is 3.10. The van der Waals surface area contributed by atoms with Crippen molar-refractivity contribution < 1.29 is 19.4 Å². The number of fused-ring (bicyclic) bond motifs is 1. The number of carbonyl (C=O) groups is 2. The second kappa shape index (κ2) is 7.56. The lowest BCUT2D eigenvalue weighted by Gasteiger charge is -2.32. The van der Waals surface area contributed by atoms with Gasteiger partial charge in [-0.05, 0) is 17.7 Å². The highest BCUT2D eigenvalue weighted by atomic mass is 16.6. The number of imidazole rings is 1. The van der Waals surface area contributed by atoms with Gasteiger partial charge in [0.25, 0.3) is 0 Å². The van der Waals surface area contributed by atoms with Gasteiger partial charge in [0.05, 0.1) is 24.3 Å². The number of para-hydroxylation sites is 1. The first-order chi connectivity index (χ1) is 13.6. The van der Waals surface area contributed by atoms with E-state index in [1.54, 1.807) is 30.6 Å². The van der Waals surface area contributed by atoms with Crippen LogP contribution in [0.5, 0.6) is 5.75 Å². The average molecular weight is 377 g/mol. The normalized spacial score (nSPS) is 15.7. The van der Waals surface area contributed by atoms with Crippen molar-refractivity contribution >= 4 is 12.1 Å². The molecule has 7 heteroatoms. The maximum absolute atomic E-state index is 12.7. The minimum atomic E-state index is -1.08. The third-order valence-electron chi connectivity index (χ3n) is 4.78. The zero-order valence-corrected chi connectivity index (χ0v) is 15.1. The second-order valence-electron chi connectivity index (χ2n) is 6.62. The number of aliphatic carboxylic acids is 1. The highest BCUT2D eigenvalue weighted by molar-refractivity contribution is 5.81. The molecule has 2 aromatic carbocycles. The summed E-state index contributed by atoms with van der Waals surface area (Å²) in [6, 6.07) is 17.5. The number of carboxylic acid groups (broad SMARTS) is 1. The number of amides is 1. The van der Waals surface area contributed by atoms with Gasteiger partial charge in [0.1, 0.15) is 11.8 Å². The van der Waals surface area contributed by atoms with Gasteiger partial charge in [0, 0.05) is 13.0 Å². The zero-order chi connectivity index (χ0) is 19.5. The van der Waals surface area contributed by atoms with Crippen molar-refractivity contribution in [1.82, 2.24) is 14.5 Å². The topological polar surface area (TPSA) is 84.7 Å². The summed E-state index contributed by atoms with van der Waals surface area (Å²) in [4.78, 5) is 30.1. The SMILES string of the molecule is O=C(O)C1Cc2ncn(Cc3ccccc3)c2CN1C(=O)Oc1ccccc1. The van der Waals surface area contributed by atoms with Gasteiger partial charge in [0.15, 0.2) is 0 Å². The first kappa shape index (κ1) is 17.8. The van der Waals surface area contributed by atoms with E-state index in [2.05, 4.69) is 4.98 Å². The molecule has 28 heavy (non-hydrogen) atoms. The van der Waals surface area contributed by atoms with Crippen LogP contribution in [-0.2, 0) is 24.3 Å². The minimum absolute atomic E-state index is 0.130. The number of hydrogen-bond donors (Lipinski definition) is 1. The molecule has 0 spiro atoms. The Hall–Kier alpha value is -3.61. The Morgan fingerprint density at radius 1 is 1.07 bits per heavy atom. The molecule has 3 aromatic rings. The Balaban J connectivity index is 1.59. The van der Waals surface area contributed by atoms with Crippen LogP contribution in [0, 0.1) is 0 Å². The first-order valence-electron chi connectivity index (χ1n) is 8.95. The fraction of sp³-hybridized carbons (Fsp3) is 0.190. The molecule has 1 aliphatic heterocycles. The number of carboxylic acids is 1. The maximum Gasteiger partial charge on any atom is 0.416 e. The lowest BCUT2D eigenvalue weighted by atomic mass is 10.0. The Kier molecular flexibility index (Phi) is 4.80. The standard InChI is InChI=1S/C21H19N3O4/c25-20(26)18-11-17-19(23(14-22-17)12-15-7-3-1-4-8-15)13-24(18)21(27)28-16-9-5-2-6-10-16/h1-10,14,18H,11-13H2,(H,25,26). The van der Waals surface area contributed by atoms with E-state index in [-0.39, 0.29) is 13.0 Å². The Morgan fingerprint density at radius 3 is 2.43 bits per heavy atom. The third-order valence-corrected chi connectivity index (χ3v) is 4.78. The third kappa shape index (κ3) is 3.59. The maximum atomic E-state index is 12.7. The van der Waals surface area contributed by atoms with Gasteiger partial charge in [0.2, 0.25) is 0 Å². The molecule has 1 amide bonds. The second-order valence-corrected chi connectivity index (χ2v) is 6.62. The van der Waals surface area contributed by atoms with E-state index < -0.39 is 18.1 Å². The molecular formula is C21H19N3O4. The Bertz CT molecular complexity index is 985. The molecule has 0 saturated carbocycles. The number of hydrogen-bond acceptors (Lipinski definition) is 4. The molecule has 0 saturated heterocycles. The van der Waals surface area contributed by atoms with Gasteiger partial charge in [-0.15, -0.1) is 0 Å². The summed E-state index contributed by atoms with van der Waals surface area (Å²) in [5.74, 6) is -0.700. The fourth-order valence-electron chi connectivity index (χ4n) is 3.34. The zero-order valence-electron chi connectivity index (χ0n) is 15.1. The van der Waals surface area contributed by atoms with Gasteiger partial charge in [-0.25, -0.2) is 14.6 Å². The van der Waals surface area contributed by atoms with Gasteiger partial charge in [-0.1, -0.05) is 48.5 Å². The molecule has 2 heterocycles. The molecule has 0 fully saturated rings. The molecule has 7 nitrogen and oxygen atoms in total. The van der Waals surface area contributed by atoms with Crippen LogP contribution in [0.3, 0.4) is 0 Å². The molecule has 1 aromatic heterocycles. The minimum Gasteiger partial charge on any atom is -0.480 e. The molecule has 1 aliphatic rings. The van der Waals surface area contributed by atoms with E-state index in [1.807, 2.05) is 41.0 Å². The van der Waals surface area contributed by atoms with Crippen LogP contribution in [0.2, 0.25) is 0 Å². The molecular weight excluding hydrogens is 358 g/mol. The molecule has 1 atom stereocenters. The van der Waals surface area contributed by atoms with E-state index in [0.29, 0.717) is 18.0 Å². The quantitative estimate of drug-likeness (QED) is 0.756. The van der Waals surface area contributed by atoms with Crippen molar-refractivity contribution in [2.75, 3.05) is 0 Å². The predicted molar refractivity (Wildman–Crippen MR) is 101 cm³/mol. The molecule has 0 aliphatic carbocycles. The van der Waals surface area contributed by atoms with E-state index in [1.165, 1.54) is 4.90 Å². The van der Waals surface area contributed by atoms with Gasteiger partial charge < -0.3 is 14.4 Å². The molecule has 0 bridgehead atoms. The van der Waals surface area contributed by atoms with E-state index in [9.17, 15) is 14.7 Å². The van der Waals surface area contributed by atoms with Crippen molar-refractivity contribution in [3.63, 3.8) is 0 Å². The number of carbonyl (C=O) groups excluding carboxylic acids is 1. The predicted octanol–water partition coefficient (Wildman–Crippen LogP) is 2.94. The van der Waals surface area contributed by atoms with Crippen LogP contribution in [-0.4, -0.2) is 37.7 Å². The van der Waals surface area contributed by atoms with Crippen molar-refractivity contribution in [3.05, 3.63) is 83.9 Å². The lowest BCUT2D eigenvalue weighted by molar-refractivity contribution is -0.143. The monoisotopic (exact) mass is 377 g/mol. The Labute approximate surface area is 161 Å². The number of benzene rings is 2. The summed E-state index contributed by atoms with van der Waals surface area (Å²) in [7, 11) is 0. The van der Waals surface area contributed by atoms with E-state index >= 15 is 0 Å². The highest BCUT2D eigenvalue weighted by Crippen LogP contribution is 2.25. The summed E-state index contributed by atoms with van der Waals surface area (Å²) < 4.78 is 7.33. The summed E-state index contributed by atoms with van der Waals surface area (Å²) in [6.07, 6.45) is 1.16. The van der Waals surface area contributed by atoms with Crippen LogP contribution in [0.25, 0.3) is 0 Å². The van der Waals surface area contributed by atoms with Gasteiger partial charge in [-0.2, -0.15) is 0 Å². The van der Waals surface area contributed by atoms with Crippen LogP contribution in [0.15, 0.2) is 67.0 Å². The summed E-state index contributed by atoms with van der Waals surface area (Å²) in [5.41, 5.74) is 2.62. The van der Waals surface area contributed by atoms with E-state index in [4.69, 9.17) is 4.74 Å². The van der Waals surface area contributed by atoms with Gasteiger partial charge in [-0.3, -0.25) is 4.90 Å². The first-order valence-corrected chi connectivity index (χ1v) is 8.95. The van der Waals surface area contributed by atoms with Crippen molar-refractivity contribution in [3.8, 4) is 5.75 Å². The number of nitrogens with zero attached hydrogens (tertiary/aromatic N) is 3. The summed E-state index contributed by atoms with van der Waals surface area (Å²) in [6.45, 7) is 0.729. The number of aromatic nitrogens is 2. The van der Waals surface area contributed by atoms with Gasteiger partial charge >= 0.3 is 12.1 Å². The summed E-state index contributed by atoms with van der Waals surface area (Å²) >= 11 is 0. The smallest absolute Gasteiger partial charge is 0.416 e. The van der Waals surface area contributed by atoms with Crippen LogP contribution in [0.1, 0.15) is 17.0 Å². The largest absolute Gasteiger partial charge is 0.480 e. The Morgan fingerprint density at radius 2 is 1.75 bits per heavy atom. The molecule has 142 valence electrons. The lowest BCUT2D eigenvalue weighted by Crippen LogP contribution is -2.50. The van der Waals surface area contributed by atoms with Crippen molar-refractivity contribution in [2.24, 2.45) is 0 Å². The van der Waals surface area contributed by atoms with Crippen LogP contribution in [0.4, 0.5) is 4.79 Å². The fourth-order valence-corrected chi connectivity index (χ4v) is 3.34. The molecule has 1 N–H and O–H groups in total. The number of ether oxygens (including phenoxy) is 1. The molecule has 4 rings (SSSR count). The van der Waals surface area contributed by atoms with Crippen molar-refractivity contribution in [2.45, 2.75) is 25.6 Å². The molecule has 0 radical (unpaired) electrons. The summed E-state index contributed by atoms with van der Waals surface area (Å²) in [5, 5.41) is 9.61. The molecule has 1 unspecified atom stereocenters. The number of rotatable bonds is 4. The van der Waals surface area contributed by atoms with Crippen molar-refractivity contribution in [1.29, 1.82) is 0 Å².